The maximum absolute atomic E-state index is 4.98. The Morgan fingerprint density at radius 2 is 0.300 bits per heavy atom. The molecule has 5 aromatic carbocycles. The minimum absolute atomic E-state index is 0.000392. The van der Waals surface area contributed by atoms with Crippen LogP contribution in [0.4, 0.5) is 0 Å². The van der Waals surface area contributed by atoms with E-state index in [-0.39, 0.29) is 37.9 Å². The first-order valence-electron chi connectivity index (χ1n) is 25.8. The molecular weight excluding hydrogens is 845 g/mol. The Labute approximate surface area is 424 Å². The van der Waals surface area contributed by atoms with Gasteiger partial charge in [0.25, 0.3) is 0 Å². The Balaban J connectivity index is 1.50. The van der Waals surface area contributed by atoms with Crippen molar-refractivity contribution in [1.82, 2.24) is 9.97 Å². The fourth-order valence-corrected chi connectivity index (χ4v) is 9.01. The zero-order valence-corrected chi connectivity index (χ0v) is 47.0. The van der Waals surface area contributed by atoms with Gasteiger partial charge in [0, 0.05) is 47.0 Å². The summed E-state index contributed by atoms with van der Waals surface area (Å²) in [5.41, 5.74) is 23.1. The van der Waals surface area contributed by atoms with Crippen molar-refractivity contribution in [2.45, 2.75) is 183 Å². The minimum atomic E-state index is -0.0861. The third-order valence-corrected chi connectivity index (χ3v) is 14.2. The van der Waals surface area contributed by atoms with Gasteiger partial charge < -0.3 is 0 Å². The second kappa shape index (κ2) is 18.2. The number of aromatic nitrogens is 2. The largest absolute Gasteiger partial charge is 0.263 e. The molecule has 2 nitrogen and oxygen atoms in total. The number of rotatable bonds is 6. The van der Waals surface area contributed by atoms with Crippen molar-refractivity contribution >= 4 is 0 Å². The fourth-order valence-electron chi connectivity index (χ4n) is 9.01. The molecule has 0 fully saturated rings. The van der Waals surface area contributed by atoms with E-state index in [4.69, 9.17) is 9.97 Å². The third kappa shape index (κ3) is 11.9. The van der Waals surface area contributed by atoms with Crippen LogP contribution < -0.4 is 0 Å². The van der Waals surface area contributed by atoms with Crippen LogP contribution >= 0.6 is 0 Å². The van der Waals surface area contributed by atoms with Crippen LogP contribution in [-0.4, -0.2) is 9.97 Å². The van der Waals surface area contributed by atoms with Crippen LogP contribution in [0.2, 0.25) is 0 Å². The zero-order chi connectivity index (χ0) is 51.7. The smallest absolute Gasteiger partial charge is 0.0346 e. The molecule has 0 spiro atoms. The first-order valence-corrected chi connectivity index (χ1v) is 25.8. The molecule has 2 heterocycles. The first-order chi connectivity index (χ1) is 32.0. The second-order valence-corrected chi connectivity index (χ2v) is 27.7. The van der Waals surface area contributed by atoms with E-state index in [1.807, 2.05) is 24.8 Å². The minimum Gasteiger partial charge on any atom is -0.263 e. The van der Waals surface area contributed by atoms with Crippen LogP contribution in [0.5, 0.6) is 0 Å². The molecule has 0 atom stereocenters. The number of benzene rings is 5. The van der Waals surface area contributed by atoms with E-state index in [1.54, 1.807) is 0 Å². The van der Waals surface area contributed by atoms with E-state index in [2.05, 4.69) is 249 Å². The second-order valence-electron chi connectivity index (χ2n) is 27.7. The molecule has 0 saturated carbocycles. The monoisotopic (exact) mass is 929 g/mol. The lowest BCUT2D eigenvalue weighted by Crippen LogP contribution is -2.16. The standard InChI is InChI=1S/C68H84N2/c1-62(2,3)55-28-46(25-47(29-55)48-30-56(63(4,5)6)36-57(31-48)64(7,8)9)43-22-44(51-26-53(41-69-39-51)49-32-58(65(10,11)12)37-59(33-49)66(13,14)15)24-45(23-43)52-27-54(42-70-40-52)50-34-60(67(16,17)18)38-61(35-50)68(19,20)21/h22-42H,1-21H3. The number of hydrogen-bond donors (Lipinski definition) is 0. The molecule has 0 amide bonds. The molecule has 0 saturated heterocycles. The van der Waals surface area contributed by atoms with Gasteiger partial charge in [0.05, 0.1) is 0 Å². The average Bonchev–Trinajstić information content (AvgIpc) is 3.26. The SMILES string of the molecule is CC(C)(C)c1cc(-c2cc(-c3cncc(-c4cc(C(C)(C)C)cc(C(C)(C)C)c4)c3)cc(-c3cncc(-c4cc(C(C)(C)C)cc(C(C)(C)C)c4)c3)c2)cc(-c2cc(C(C)(C)C)cc(C(C)(C)C)c2)c1. The van der Waals surface area contributed by atoms with Crippen molar-refractivity contribution in [2.75, 3.05) is 0 Å². The van der Waals surface area contributed by atoms with Crippen LogP contribution in [0.3, 0.4) is 0 Å². The van der Waals surface area contributed by atoms with E-state index in [0.29, 0.717) is 0 Å². The summed E-state index contributed by atoms with van der Waals surface area (Å²) in [6.07, 6.45) is 8.14. The van der Waals surface area contributed by atoms with Crippen molar-refractivity contribution in [1.29, 1.82) is 0 Å². The Kier molecular flexibility index (Phi) is 13.6. The van der Waals surface area contributed by atoms with E-state index >= 15 is 0 Å². The van der Waals surface area contributed by atoms with Gasteiger partial charge in [0.1, 0.15) is 0 Å². The highest BCUT2D eigenvalue weighted by Gasteiger charge is 2.26. The summed E-state index contributed by atoms with van der Waals surface area (Å²) in [6.45, 7) is 48.6. The van der Waals surface area contributed by atoms with Crippen molar-refractivity contribution in [3.05, 3.63) is 167 Å². The van der Waals surface area contributed by atoms with Crippen molar-refractivity contribution in [3.8, 4) is 66.8 Å². The van der Waals surface area contributed by atoms with Gasteiger partial charge in [-0.3, -0.25) is 9.97 Å². The van der Waals surface area contributed by atoms with Gasteiger partial charge >= 0.3 is 0 Å². The molecule has 0 aliphatic rings. The summed E-state index contributed by atoms with van der Waals surface area (Å²) < 4.78 is 0. The average molecular weight is 929 g/mol. The van der Waals surface area contributed by atoms with E-state index in [0.717, 1.165) is 38.9 Å². The molecule has 0 unspecified atom stereocenters. The van der Waals surface area contributed by atoms with Crippen molar-refractivity contribution < 1.29 is 0 Å². The molecule has 7 aromatic rings. The summed E-state index contributed by atoms with van der Waals surface area (Å²) in [5.74, 6) is 0. The van der Waals surface area contributed by atoms with Crippen LogP contribution in [-0.2, 0) is 37.9 Å². The van der Waals surface area contributed by atoms with Crippen LogP contribution in [0.1, 0.15) is 184 Å². The fraction of sp³-hybridized carbons (Fsp3) is 0.412. The molecule has 70 heavy (non-hydrogen) atoms. The molecule has 0 bridgehead atoms. The highest BCUT2D eigenvalue weighted by Crippen LogP contribution is 2.42. The highest BCUT2D eigenvalue weighted by molar-refractivity contribution is 5.85. The molecule has 0 radical (unpaired) electrons. The Bertz CT molecular complexity index is 2820. The van der Waals surface area contributed by atoms with Crippen LogP contribution in [0.25, 0.3) is 66.8 Å². The Hall–Kier alpha value is -5.60. The summed E-state index contributed by atoms with van der Waals surface area (Å²) in [5, 5.41) is 0. The lowest BCUT2D eigenvalue weighted by Gasteiger charge is -2.27. The van der Waals surface area contributed by atoms with E-state index < -0.39 is 0 Å². The van der Waals surface area contributed by atoms with Gasteiger partial charge in [0.2, 0.25) is 0 Å². The van der Waals surface area contributed by atoms with Gasteiger partial charge in [-0.05, 0) is 158 Å². The summed E-state index contributed by atoms with van der Waals surface area (Å²) >= 11 is 0. The molecule has 7 rings (SSSR count). The zero-order valence-electron chi connectivity index (χ0n) is 47.0. The number of nitrogens with zero attached hydrogens (tertiary/aromatic N) is 2. The molecule has 2 heteroatoms. The number of pyridine rings is 2. The van der Waals surface area contributed by atoms with Gasteiger partial charge in [-0.1, -0.05) is 212 Å². The molecule has 0 N–H and O–H groups in total. The lowest BCUT2D eigenvalue weighted by atomic mass is 9.78. The van der Waals surface area contributed by atoms with Gasteiger partial charge in [-0.15, -0.1) is 0 Å². The summed E-state index contributed by atoms with van der Waals surface area (Å²) in [4.78, 5) is 9.96. The van der Waals surface area contributed by atoms with E-state index in [1.165, 1.54) is 66.8 Å². The topological polar surface area (TPSA) is 25.8 Å². The van der Waals surface area contributed by atoms with Gasteiger partial charge in [-0.2, -0.15) is 0 Å². The van der Waals surface area contributed by atoms with Crippen molar-refractivity contribution in [3.63, 3.8) is 0 Å². The molecule has 0 aliphatic carbocycles. The lowest BCUT2D eigenvalue weighted by molar-refractivity contribution is 0.568. The van der Waals surface area contributed by atoms with E-state index in [9.17, 15) is 0 Å². The van der Waals surface area contributed by atoms with Gasteiger partial charge in [-0.25, -0.2) is 0 Å². The molecule has 0 aliphatic heterocycles. The highest BCUT2D eigenvalue weighted by atomic mass is 14.6. The maximum Gasteiger partial charge on any atom is 0.0346 e. The predicted molar refractivity (Wildman–Crippen MR) is 306 cm³/mol. The Morgan fingerprint density at radius 1 is 0.171 bits per heavy atom. The summed E-state index contributed by atoms with van der Waals surface area (Å²) in [7, 11) is 0. The van der Waals surface area contributed by atoms with Crippen molar-refractivity contribution in [2.24, 2.45) is 0 Å². The molecule has 366 valence electrons. The molecular formula is C68H84N2. The Morgan fingerprint density at radius 3 is 0.500 bits per heavy atom. The normalized spacial score (nSPS) is 13.2. The predicted octanol–water partition coefficient (Wildman–Crippen LogP) is 19.6. The first kappa shape index (κ1) is 52.2. The van der Waals surface area contributed by atoms with Crippen LogP contribution in [0, 0.1) is 0 Å². The van der Waals surface area contributed by atoms with Crippen LogP contribution in [0.15, 0.2) is 128 Å². The third-order valence-electron chi connectivity index (χ3n) is 14.2. The molecule has 2 aromatic heterocycles. The maximum atomic E-state index is 4.98. The quantitative estimate of drug-likeness (QED) is 0.166. The summed E-state index contributed by atoms with van der Waals surface area (Å²) in [6, 6.07) is 40.6. The number of hydrogen-bond acceptors (Lipinski definition) is 2. The van der Waals surface area contributed by atoms with Gasteiger partial charge in [0.15, 0.2) is 0 Å².